The fourth-order valence-corrected chi connectivity index (χ4v) is 7.21. The molecular formula is C46H28N4. The van der Waals surface area contributed by atoms with Gasteiger partial charge in [0.1, 0.15) is 0 Å². The molecule has 10 aromatic rings. The lowest BCUT2D eigenvalue weighted by Crippen LogP contribution is -2.00. The van der Waals surface area contributed by atoms with Gasteiger partial charge in [-0.25, -0.2) is 15.0 Å². The summed E-state index contributed by atoms with van der Waals surface area (Å²) in [6, 6.07) is 57.4. The van der Waals surface area contributed by atoms with Crippen LogP contribution in [0.4, 0.5) is 0 Å². The van der Waals surface area contributed by atoms with Crippen molar-refractivity contribution >= 4 is 54.0 Å². The molecule has 0 bridgehead atoms. The molecule has 4 nitrogen and oxygen atoms in total. The first-order valence-corrected chi connectivity index (χ1v) is 16.8. The predicted molar refractivity (Wildman–Crippen MR) is 207 cm³/mol. The SMILES string of the molecule is c1cc(-c2nc(-c3ccc4ccccc4c3)nc(-c3ccc4ccccc4c3)n2)cc(-c2cccc3ccc4ncc5ccccc5c4c23)c1. The summed E-state index contributed by atoms with van der Waals surface area (Å²) < 4.78 is 0. The first-order chi connectivity index (χ1) is 24.7. The van der Waals surface area contributed by atoms with Crippen LogP contribution in [-0.4, -0.2) is 19.9 Å². The lowest BCUT2D eigenvalue weighted by molar-refractivity contribution is 1.08. The van der Waals surface area contributed by atoms with Crippen molar-refractivity contribution in [2.24, 2.45) is 0 Å². The van der Waals surface area contributed by atoms with Gasteiger partial charge in [-0.3, -0.25) is 4.98 Å². The Kier molecular flexibility index (Phi) is 6.46. The Bertz CT molecular complexity index is 2840. The molecule has 50 heavy (non-hydrogen) atoms. The molecule has 0 aliphatic heterocycles. The van der Waals surface area contributed by atoms with Crippen molar-refractivity contribution in [3.8, 4) is 45.3 Å². The quantitative estimate of drug-likeness (QED) is 0.180. The van der Waals surface area contributed by atoms with E-state index in [9.17, 15) is 0 Å². The van der Waals surface area contributed by atoms with E-state index in [2.05, 4.69) is 164 Å². The van der Waals surface area contributed by atoms with E-state index in [1.54, 1.807) is 0 Å². The third-order valence-corrected chi connectivity index (χ3v) is 9.68. The van der Waals surface area contributed by atoms with Crippen LogP contribution in [0.3, 0.4) is 0 Å². The minimum atomic E-state index is 0.630. The number of fused-ring (bicyclic) bond motifs is 7. The van der Waals surface area contributed by atoms with Crippen LogP contribution >= 0.6 is 0 Å². The van der Waals surface area contributed by atoms with Gasteiger partial charge in [0.2, 0.25) is 0 Å². The normalized spacial score (nSPS) is 11.6. The van der Waals surface area contributed by atoms with Crippen molar-refractivity contribution in [2.75, 3.05) is 0 Å². The van der Waals surface area contributed by atoms with E-state index >= 15 is 0 Å². The Morgan fingerprint density at radius 3 is 1.52 bits per heavy atom. The van der Waals surface area contributed by atoms with E-state index in [4.69, 9.17) is 19.9 Å². The smallest absolute Gasteiger partial charge is 0.164 e. The molecule has 2 heterocycles. The minimum absolute atomic E-state index is 0.630. The molecule has 0 spiro atoms. The van der Waals surface area contributed by atoms with Gasteiger partial charge in [-0.15, -0.1) is 0 Å². The van der Waals surface area contributed by atoms with E-state index in [-0.39, 0.29) is 0 Å². The molecule has 2 aromatic heterocycles. The van der Waals surface area contributed by atoms with Gasteiger partial charge in [-0.1, -0.05) is 140 Å². The summed E-state index contributed by atoms with van der Waals surface area (Å²) >= 11 is 0. The highest BCUT2D eigenvalue weighted by atomic mass is 15.0. The van der Waals surface area contributed by atoms with Crippen molar-refractivity contribution in [1.29, 1.82) is 0 Å². The maximum absolute atomic E-state index is 5.12. The van der Waals surface area contributed by atoms with Crippen molar-refractivity contribution < 1.29 is 0 Å². The topological polar surface area (TPSA) is 51.6 Å². The van der Waals surface area contributed by atoms with Crippen LogP contribution in [0, 0.1) is 0 Å². The molecule has 0 saturated heterocycles. The van der Waals surface area contributed by atoms with Crippen molar-refractivity contribution in [3.63, 3.8) is 0 Å². The second-order valence-electron chi connectivity index (χ2n) is 12.7. The Labute approximate surface area is 288 Å². The molecule has 0 atom stereocenters. The van der Waals surface area contributed by atoms with Gasteiger partial charge < -0.3 is 0 Å². The molecule has 0 unspecified atom stereocenters. The van der Waals surface area contributed by atoms with E-state index in [0.717, 1.165) is 49.5 Å². The van der Waals surface area contributed by atoms with E-state index in [1.165, 1.54) is 32.3 Å². The maximum Gasteiger partial charge on any atom is 0.164 e. The Balaban J connectivity index is 1.18. The van der Waals surface area contributed by atoms with E-state index in [0.29, 0.717) is 17.5 Å². The third-order valence-electron chi connectivity index (χ3n) is 9.68. The molecule has 0 aliphatic carbocycles. The first-order valence-electron chi connectivity index (χ1n) is 16.8. The number of aromatic nitrogens is 4. The monoisotopic (exact) mass is 636 g/mol. The van der Waals surface area contributed by atoms with Crippen molar-refractivity contribution in [1.82, 2.24) is 19.9 Å². The minimum Gasteiger partial charge on any atom is -0.256 e. The van der Waals surface area contributed by atoms with Gasteiger partial charge in [0.25, 0.3) is 0 Å². The van der Waals surface area contributed by atoms with Gasteiger partial charge in [-0.2, -0.15) is 0 Å². The summed E-state index contributed by atoms with van der Waals surface area (Å²) in [5.74, 6) is 1.91. The van der Waals surface area contributed by atoms with Crippen molar-refractivity contribution in [2.45, 2.75) is 0 Å². The molecule has 0 N–H and O–H groups in total. The molecule has 0 amide bonds. The fraction of sp³-hybridized carbons (Fsp3) is 0. The van der Waals surface area contributed by atoms with Crippen LogP contribution in [0.1, 0.15) is 0 Å². The third kappa shape index (κ3) is 4.77. The molecule has 0 aliphatic rings. The van der Waals surface area contributed by atoms with Crippen LogP contribution < -0.4 is 0 Å². The Hall–Kier alpha value is -6.78. The largest absolute Gasteiger partial charge is 0.256 e. The fourth-order valence-electron chi connectivity index (χ4n) is 7.21. The number of hydrogen-bond acceptors (Lipinski definition) is 4. The van der Waals surface area contributed by atoms with Gasteiger partial charge in [0, 0.05) is 33.7 Å². The van der Waals surface area contributed by atoms with Gasteiger partial charge in [0.05, 0.1) is 5.52 Å². The van der Waals surface area contributed by atoms with Crippen LogP contribution in [0.5, 0.6) is 0 Å². The summed E-state index contributed by atoms with van der Waals surface area (Å²) in [7, 11) is 0. The summed E-state index contributed by atoms with van der Waals surface area (Å²) in [6.07, 6.45) is 1.97. The molecule has 0 fully saturated rings. The predicted octanol–water partition coefficient (Wildman–Crippen LogP) is 11.7. The number of pyridine rings is 1. The van der Waals surface area contributed by atoms with Gasteiger partial charge in [-0.05, 0) is 73.1 Å². The molecule has 4 heteroatoms. The molecule has 0 radical (unpaired) electrons. The highest BCUT2D eigenvalue weighted by Crippen LogP contribution is 2.38. The zero-order chi connectivity index (χ0) is 33.0. The zero-order valence-corrected chi connectivity index (χ0v) is 27.0. The summed E-state index contributed by atoms with van der Waals surface area (Å²) in [4.78, 5) is 20.2. The zero-order valence-electron chi connectivity index (χ0n) is 27.0. The van der Waals surface area contributed by atoms with Gasteiger partial charge >= 0.3 is 0 Å². The molecular weight excluding hydrogens is 609 g/mol. The molecule has 10 rings (SSSR count). The standard InChI is InChI=1S/C46H28N4/c1-3-11-32-25-36(21-19-29(32)9-1)45-48-44(49-46(50-45)37-22-20-30-10-2-4-12-33(30)26-37)35-16-7-15-34(27-35)39-18-8-14-31-23-24-41-43(42(31)39)40-17-6-5-13-38(40)28-47-41/h1-28H. The number of hydrogen-bond donors (Lipinski definition) is 0. The van der Waals surface area contributed by atoms with Gasteiger partial charge in [0.15, 0.2) is 17.5 Å². The average Bonchev–Trinajstić information content (AvgIpc) is 3.19. The van der Waals surface area contributed by atoms with Crippen LogP contribution in [0.2, 0.25) is 0 Å². The summed E-state index contributed by atoms with van der Waals surface area (Å²) in [5.41, 5.74) is 6.04. The highest BCUT2D eigenvalue weighted by Gasteiger charge is 2.16. The maximum atomic E-state index is 5.12. The lowest BCUT2D eigenvalue weighted by Gasteiger charge is -2.13. The molecule has 232 valence electrons. The second kappa shape index (κ2) is 11.4. The number of benzene rings is 8. The van der Waals surface area contributed by atoms with Crippen LogP contribution in [0.25, 0.3) is 99.3 Å². The van der Waals surface area contributed by atoms with E-state index < -0.39 is 0 Å². The Morgan fingerprint density at radius 1 is 0.320 bits per heavy atom. The first kappa shape index (κ1) is 28.3. The van der Waals surface area contributed by atoms with Crippen LogP contribution in [-0.2, 0) is 0 Å². The summed E-state index contributed by atoms with van der Waals surface area (Å²) in [6.45, 7) is 0. The number of rotatable bonds is 4. The Morgan fingerprint density at radius 2 is 0.840 bits per heavy atom. The van der Waals surface area contributed by atoms with E-state index in [1.807, 2.05) is 6.20 Å². The summed E-state index contributed by atoms with van der Waals surface area (Å²) in [5, 5.41) is 10.5. The molecule has 8 aromatic carbocycles. The van der Waals surface area contributed by atoms with Crippen molar-refractivity contribution in [3.05, 3.63) is 170 Å². The second-order valence-corrected chi connectivity index (χ2v) is 12.7. The molecule has 0 saturated carbocycles. The van der Waals surface area contributed by atoms with Crippen LogP contribution in [0.15, 0.2) is 170 Å². The lowest BCUT2D eigenvalue weighted by atomic mass is 9.92. The highest BCUT2D eigenvalue weighted by molar-refractivity contribution is 6.22. The number of nitrogens with zero attached hydrogens (tertiary/aromatic N) is 4. The average molecular weight is 637 g/mol.